The fourth-order valence-corrected chi connectivity index (χ4v) is 3.06. The van der Waals surface area contributed by atoms with Crippen molar-refractivity contribution in [2.75, 3.05) is 37.6 Å². The molecule has 27 heavy (non-hydrogen) atoms. The number of aromatic nitrogens is 2. The average Bonchev–Trinajstić information content (AvgIpc) is 2.62. The summed E-state index contributed by atoms with van der Waals surface area (Å²) in [6.45, 7) is 8.22. The van der Waals surface area contributed by atoms with Crippen molar-refractivity contribution in [1.82, 2.24) is 14.9 Å². The molecular formula is C19H22F3N4O. The lowest BCUT2D eigenvalue weighted by Crippen LogP contribution is -2.47. The van der Waals surface area contributed by atoms with Crippen molar-refractivity contribution in [3.8, 4) is 11.8 Å². The number of anilines is 1. The molecule has 1 fully saturated rings. The largest absolute Gasteiger partial charge is 0.422 e. The van der Waals surface area contributed by atoms with E-state index in [4.69, 9.17) is 4.74 Å². The minimum atomic E-state index is -4.44. The Hall–Kier alpha value is -2.35. The molecule has 0 atom stereocenters. The fourth-order valence-electron chi connectivity index (χ4n) is 3.06. The minimum absolute atomic E-state index is 0.0212. The molecule has 1 aliphatic rings. The van der Waals surface area contributed by atoms with Crippen LogP contribution in [0.25, 0.3) is 0 Å². The zero-order valence-corrected chi connectivity index (χ0v) is 15.3. The Balaban J connectivity index is 1.83. The summed E-state index contributed by atoms with van der Waals surface area (Å²) in [7, 11) is 0. The molecule has 0 bridgehead atoms. The molecule has 5 nitrogen and oxygen atoms in total. The smallest absolute Gasteiger partial charge is 0.416 e. The van der Waals surface area contributed by atoms with Gasteiger partial charge in [-0.2, -0.15) is 13.2 Å². The van der Waals surface area contributed by atoms with Gasteiger partial charge in [0.2, 0.25) is 0 Å². The van der Waals surface area contributed by atoms with Gasteiger partial charge < -0.3 is 9.64 Å². The van der Waals surface area contributed by atoms with Gasteiger partial charge in [-0.3, -0.25) is 4.90 Å². The summed E-state index contributed by atoms with van der Waals surface area (Å²) >= 11 is 0. The van der Waals surface area contributed by atoms with Gasteiger partial charge in [-0.25, -0.2) is 9.97 Å². The maximum absolute atomic E-state index is 13.1. The summed E-state index contributed by atoms with van der Waals surface area (Å²) in [5.74, 6) is 1.45. The van der Waals surface area contributed by atoms with E-state index >= 15 is 0 Å². The predicted molar refractivity (Wildman–Crippen MR) is 96.8 cm³/mol. The van der Waals surface area contributed by atoms with E-state index in [1.807, 2.05) is 4.90 Å². The third-order valence-electron chi connectivity index (χ3n) is 4.28. The van der Waals surface area contributed by atoms with Crippen LogP contribution in [-0.2, 0) is 6.18 Å². The van der Waals surface area contributed by atoms with Crippen LogP contribution >= 0.6 is 0 Å². The number of benzene rings is 1. The van der Waals surface area contributed by atoms with Gasteiger partial charge in [0, 0.05) is 45.1 Å². The van der Waals surface area contributed by atoms with E-state index < -0.39 is 11.7 Å². The summed E-state index contributed by atoms with van der Waals surface area (Å²) in [5, 5.41) is 0. The maximum Gasteiger partial charge on any atom is 0.416 e. The minimum Gasteiger partial charge on any atom is -0.422 e. The molecule has 0 unspecified atom stereocenters. The SMILES string of the molecule is C[C](C)CN1CCN(c2ccc(C(F)(F)F)cc2Oc2ncccn2)CC1. The first-order valence-corrected chi connectivity index (χ1v) is 8.75. The van der Waals surface area contributed by atoms with Crippen molar-refractivity contribution in [1.29, 1.82) is 0 Å². The molecule has 2 heterocycles. The monoisotopic (exact) mass is 379 g/mol. The van der Waals surface area contributed by atoms with E-state index in [0.29, 0.717) is 18.8 Å². The standard InChI is InChI=1S/C19H22F3N4O/c1-14(2)13-25-8-10-26(11-9-25)16-5-4-15(19(20,21)22)12-17(16)27-18-23-6-3-7-24-18/h3-7,12H,8-11,13H2,1-2H3. The normalized spacial score (nSPS) is 16.0. The molecule has 0 amide bonds. The molecule has 1 aliphatic heterocycles. The molecule has 0 N–H and O–H groups in total. The summed E-state index contributed by atoms with van der Waals surface area (Å²) in [5.41, 5.74) is -0.140. The zero-order valence-electron chi connectivity index (χ0n) is 15.3. The number of hydrogen-bond donors (Lipinski definition) is 0. The maximum atomic E-state index is 13.1. The van der Waals surface area contributed by atoms with Crippen LogP contribution in [0.15, 0.2) is 36.7 Å². The summed E-state index contributed by atoms with van der Waals surface area (Å²) < 4.78 is 45.0. The fraction of sp³-hybridized carbons (Fsp3) is 0.421. The Kier molecular flexibility index (Phi) is 5.84. The van der Waals surface area contributed by atoms with Crippen molar-refractivity contribution in [2.24, 2.45) is 0 Å². The number of ether oxygens (including phenoxy) is 1. The van der Waals surface area contributed by atoms with Crippen molar-refractivity contribution >= 4 is 5.69 Å². The van der Waals surface area contributed by atoms with Crippen LogP contribution in [-0.4, -0.2) is 47.6 Å². The molecule has 1 aromatic carbocycles. The van der Waals surface area contributed by atoms with Crippen LogP contribution in [0.3, 0.4) is 0 Å². The number of piperazine rings is 1. The van der Waals surface area contributed by atoms with Crippen LogP contribution in [0, 0.1) is 5.92 Å². The van der Waals surface area contributed by atoms with E-state index in [1.54, 1.807) is 6.07 Å². The van der Waals surface area contributed by atoms with Gasteiger partial charge in [-0.15, -0.1) is 0 Å². The first-order chi connectivity index (χ1) is 12.8. The van der Waals surface area contributed by atoms with Gasteiger partial charge in [-0.05, 0) is 30.2 Å². The van der Waals surface area contributed by atoms with Crippen LogP contribution < -0.4 is 9.64 Å². The summed E-state index contributed by atoms with van der Waals surface area (Å²) in [4.78, 5) is 12.3. The zero-order chi connectivity index (χ0) is 19.4. The lowest BCUT2D eigenvalue weighted by molar-refractivity contribution is -0.137. The highest BCUT2D eigenvalue weighted by Gasteiger charge is 2.32. The van der Waals surface area contributed by atoms with E-state index in [0.717, 1.165) is 31.8 Å². The lowest BCUT2D eigenvalue weighted by Gasteiger charge is -2.37. The van der Waals surface area contributed by atoms with Gasteiger partial charge in [0.1, 0.15) is 0 Å². The average molecular weight is 379 g/mol. The number of alkyl halides is 3. The Labute approximate surface area is 156 Å². The Morgan fingerprint density at radius 2 is 1.74 bits per heavy atom. The van der Waals surface area contributed by atoms with Crippen LogP contribution in [0.5, 0.6) is 11.8 Å². The van der Waals surface area contributed by atoms with E-state index in [9.17, 15) is 13.2 Å². The third kappa shape index (κ3) is 5.09. The molecule has 8 heteroatoms. The van der Waals surface area contributed by atoms with Gasteiger partial charge in [0.15, 0.2) is 5.75 Å². The predicted octanol–water partition coefficient (Wildman–Crippen LogP) is 4.02. The first-order valence-electron chi connectivity index (χ1n) is 8.75. The van der Waals surface area contributed by atoms with Gasteiger partial charge >= 0.3 is 12.2 Å². The van der Waals surface area contributed by atoms with Crippen molar-refractivity contribution in [3.63, 3.8) is 0 Å². The van der Waals surface area contributed by atoms with E-state index in [-0.39, 0.29) is 11.8 Å². The molecule has 1 radical (unpaired) electrons. The van der Waals surface area contributed by atoms with Gasteiger partial charge in [0.25, 0.3) is 0 Å². The highest BCUT2D eigenvalue weighted by Crippen LogP contribution is 2.38. The van der Waals surface area contributed by atoms with Crippen LogP contribution in [0.1, 0.15) is 19.4 Å². The second-order valence-corrected chi connectivity index (χ2v) is 6.78. The van der Waals surface area contributed by atoms with Gasteiger partial charge in [-0.1, -0.05) is 13.8 Å². The van der Waals surface area contributed by atoms with E-state index in [2.05, 4.69) is 28.7 Å². The molecule has 145 valence electrons. The highest BCUT2D eigenvalue weighted by atomic mass is 19.4. The molecule has 0 spiro atoms. The molecule has 1 saturated heterocycles. The third-order valence-corrected chi connectivity index (χ3v) is 4.28. The Morgan fingerprint density at radius 1 is 1.07 bits per heavy atom. The molecule has 0 saturated carbocycles. The van der Waals surface area contributed by atoms with E-state index in [1.165, 1.54) is 24.4 Å². The topological polar surface area (TPSA) is 41.5 Å². The van der Waals surface area contributed by atoms with Crippen LogP contribution in [0.4, 0.5) is 18.9 Å². The second kappa shape index (κ2) is 8.12. The lowest BCUT2D eigenvalue weighted by atomic mass is 10.1. The molecule has 0 aliphatic carbocycles. The summed E-state index contributed by atoms with van der Waals surface area (Å²) in [6.07, 6.45) is -1.47. The molecular weight excluding hydrogens is 357 g/mol. The number of hydrogen-bond acceptors (Lipinski definition) is 5. The Morgan fingerprint density at radius 3 is 2.33 bits per heavy atom. The highest BCUT2D eigenvalue weighted by molar-refractivity contribution is 5.61. The van der Waals surface area contributed by atoms with Crippen LogP contribution in [0.2, 0.25) is 0 Å². The molecule has 2 aromatic rings. The molecule has 3 rings (SSSR count). The summed E-state index contributed by atoms with van der Waals surface area (Å²) in [6, 6.07) is 5.21. The quantitative estimate of drug-likeness (QED) is 0.785. The Bertz CT molecular complexity index is 744. The first kappa shape index (κ1) is 19.4. The number of nitrogens with zero attached hydrogens (tertiary/aromatic N) is 4. The van der Waals surface area contributed by atoms with Crippen molar-refractivity contribution < 1.29 is 17.9 Å². The van der Waals surface area contributed by atoms with Crippen molar-refractivity contribution in [3.05, 3.63) is 48.1 Å². The number of rotatable bonds is 5. The molecule has 1 aromatic heterocycles. The number of halogens is 3. The van der Waals surface area contributed by atoms with Crippen molar-refractivity contribution in [2.45, 2.75) is 20.0 Å². The second-order valence-electron chi connectivity index (χ2n) is 6.78. The van der Waals surface area contributed by atoms with Gasteiger partial charge in [0.05, 0.1) is 11.3 Å².